The maximum Gasteiger partial charge on any atom is 0.189 e. The third-order valence-electron chi connectivity index (χ3n) is 3.32. The zero-order valence-electron chi connectivity index (χ0n) is 11.3. The van der Waals surface area contributed by atoms with Crippen molar-refractivity contribution in [3.8, 4) is 0 Å². The van der Waals surface area contributed by atoms with Crippen LogP contribution in [0.4, 0.5) is 4.39 Å². The van der Waals surface area contributed by atoms with Crippen LogP contribution in [0.5, 0.6) is 0 Å². The number of hydrogen-bond donors (Lipinski definition) is 2. The van der Waals surface area contributed by atoms with E-state index in [1.54, 1.807) is 0 Å². The summed E-state index contributed by atoms with van der Waals surface area (Å²) < 4.78 is 36.5. The second-order valence-corrected chi connectivity index (χ2v) is 7.01. The van der Waals surface area contributed by atoms with E-state index in [-0.39, 0.29) is 23.0 Å². The first kappa shape index (κ1) is 14.8. The number of aliphatic imine (C=N–C) groups is 1. The molecule has 0 amide bonds. The highest BCUT2D eigenvalue weighted by molar-refractivity contribution is 7.90. The van der Waals surface area contributed by atoms with E-state index in [0.29, 0.717) is 6.04 Å². The van der Waals surface area contributed by atoms with Crippen LogP contribution in [0.15, 0.2) is 28.1 Å². The van der Waals surface area contributed by atoms with Crippen molar-refractivity contribution in [2.45, 2.75) is 36.7 Å². The second-order valence-electron chi connectivity index (χ2n) is 5.00. The Morgan fingerprint density at radius 1 is 1.50 bits per heavy atom. The first-order valence-corrected chi connectivity index (χ1v) is 8.30. The number of nitrogens with one attached hydrogen (secondary N) is 1. The molecule has 0 bridgehead atoms. The van der Waals surface area contributed by atoms with Gasteiger partial charge in [0.05, 0.1) is 11.4 Å². The molecule has 0 saturated heterocycles. The van der Waals surface area contributed by atoms with E-state index in [1.807, 2.05) is 0 Å². The molecule has 1 aromatic rings. The molecule has 1 aromatic carbocycles. The molecule has 0 spiro atoms. The van der Waals surface area contributed by atoms with Crippen molar-refractivity contribution in [2.75, 3.05) is 6.26 Å². The first-order chi connectivity index (χ1) is 9.36. The highest BCUT2D eigenvalue weighted by Crippen LogP contribution is 2.18. The summed E-state index contributed by atoms with van der Waals surface area (Å²) in [5.41, 5.74) is 5.92. The summed E-state index contributed by atoms with van der Waals surface area (Å²) in [5.74, 6) is -0.226. The van der Waals surface area contributed by atoms with Crippen molar-refractivity contribution in [1.29, 1.82) is 0 Å². The predicted octanol–water partition coefficient (Wildman–Crippen LogP) is 1.19. The van der Waals surface area contributed by atoms with Crippen LogP contribution in [-0.2, 0) is 16.4 Å². The number of halogens is 1. The fourth-order valence-corrected chi connectivity index (χ4v) is 2.55. The highest BCUT2D eigenvalue weighted by atomic mass is 32.2. The lowest BCUT2D eigenvalue weighted by atomic mass is 9.93. The molecule has 1 saturated carbocycles. The van der Waals surface area contributed by atoms with Crippen LogP contribution in [-0.4, -0.2) is 26.7 Å². The molecule has 110 valence electrons. The van der Waals surface area contributed by atoms with Crippen LogP contribution in [0, 0.1) is 5.82 Å². The number of benzene rings is 1. The summed E-state index contributed by atoms with van der Waals surface area (Å²) in [5, 5.41) is 3.04. The van der Waals surface area contributed by atoms with E-state index in [9.17, 15) is 12.8 Å². The van der Waals surface area contributed by atoms with Gasteiger partial charge in [0.15, 0.2) is 15.8 Å². The van der Waals surface area contributed by atoms with Crippen LogP contribution in [0.3, 0.4) is 0 Å². The van der Waals surface area contributed by atoms with E-state index in [4.69, 9.17) is 5.73 Å². The van der Waals surface area contributed by atoms with Crippen molar-refractivity contribution in [1.82, 2.24) is 5.32 Å². The maximum absolute atomic E-state index is 13.6. The van der Waals surface area contributed by atoms with E-state index in [0.717, 1.165) is 25.2 Å². The zero-order valence-corrected chi connectivity index (χ0v) is 12.1. The summed E-state index contributed by atoms with van der Waals surface area (Å²) in [6, 6.07) is 4.03. The van der Waals surface area contributed by atoms with Gasteiger partial charge < -0.3 is 11.1 Å². The molecular weight excluding hydrogens is 281 g/mol. The van der Waals surface area contributed by atoms with Crippen LogP contribution in [0.1, 0.15) is 24.8 Å². The molecule has 1 aliphatic carbocycles. The number of sulfone groups is 1. The number of guanidine groups is 1. The molecule has 7 heteroatoms. The van der Waals surface area contributed by atoms with Gasteiger partial charge in [-0.15, -0.1) is 0 Å². The van der Waals surface area contributed by atoms with Gasteiger partial charge in [0.25, 0.3) is 0 Å². The minimum Gasteiger partial charge on any atom is -0.370 e. The van der Waals surface area contributed by atoms with Crippen LogP contribution in [0.2, 0.25) is 0 Å². The molecular formula is C13H18FN3O2S. The third kappa shape index (κ3) is 3.69. The molecule has 5 nitrogen and oxygen atoms in total. The van der Waals surface area contributed by atoms with Gasteiger partial charge in [-0.05, 0) is 37.5 Å². The fraction of sp³-hybridized carbons (Fsp3) is 0.462. The van der Waals surface area contributed by atoms with Crippen molar-refractivity contribution >= 4 is 15.8 Å². The summed E-state index contributed by atoms with van der Waals surface area (Å²) in [6.45, 7) is 0.0146. The molecule has 2 rings (SSSR count). The van der Waals surface area contributed by atoms with Gasteiger partial charge in [-0.25, -0.2) is 17.8 Å². The first-order valence-electron chi connectivity index (χ1n) is 6.41. The van der Waals surface area contributed by atoms with E-state index < -0.39 is 15.7 Å². The Bertz CT molecular complexity index is 625. The lowest BCUT2D eigenvalue weighted by Crippen LogP contribution is -2.43. The van der Waals surface area contributed by atoms with Gasteiger partial charge in [0, 0.05) is 17.9 Å². The van der Waals surface area contributed by atoms with Gasteiger partial charge in [-0.1, -0.05) is 0 Å². The van der Waals surface area contributed by atoms with E-state index in [1.165, 1.54) is 18.6 Å². The Kier molecular flexibility index (Phi) is 4.27. The van der Waals surface area contributed by atoms with Gasteiger partial charge in [-0.2, -0.15) is 0 Å². The molecule has 1 fully saturated rings. The number of hydrogen-bond acceptors (Lipinski definition) is 3. The Hall–Kier alpha value is -1.63. The fourth-order valence-electron chi connectivity index (χ4n) is 1.88. The molecule has 0 unspecified atom stereocenters. The Morgan fingerprint density at radius 2 is 2.20 bits per heavy atom. The van der Waals surface area contributed by atoms with Crippen LogP contribution < -0.4 is 11.1 Å². The van der Waals surface area contributed by atoms with E-state index >= 15 is 0 Å². The molecule has 3 N–H and O–H groups in total. The Balaban J connectivity index is 2.09. The van der Waals surface area contributed by atoms with Crippen molar-refractivity contribution in [3.63, 3.8) is 0 Å². The molecule has 1 aliphatic rings. The molecule has 0 aliphatic heterocycles. The summed E-state index contributed by atoms with van der Waals surface area (Å²) in [6.07, 6.45) is 4.39. The standard InChI is InChI=1S/C13H18FN3O2S/c1-20(18,19)11-5-6-12(14)9(7-11)8-16-13(15)17-10-3-2-4-10/h5-7,10H,2-4,8H2,1H3,(H3,15,16,17). The summed E-state index contributed by atoms with van der Waals surface area (Å²) in [7, 11) is -3.36. The summed E-state index contributed by atoms with van der Waals surface area (Å²) >= 11 is 0. The molecule has 0 heterocycles. The van der Waals surface area contributed by atoms with E-state index in [2.05, 4.69) is 10.3 Å². The van der Waals surface area contributed by atoms with Crippen molar-refractivity contribution < 1.29 is 12.8 Å². The molecule has 0 aromatic heterocycles. The monoisotopic (exact) mass is 299 g/mol. The van der Waals surface area contributed by atoms with Gasteiger partial charge in [-0.3, -0.25) is 0 Å². The van der Waals surface area contributed by atoms with Crippen LogP contribution >= 0.6 is 0 Å². The molecule has 0 radical (unpaired) electrons. The maximum atomic E-state index is 13.6. The minimum absolute atomic E-state index is 0.0146. The van der Waals surface area contributed by atoms with Gasteiger partial charge >= 0.3 is 0 Å². The van der Waals surface area contributed by atoms with Crippen LogP contribution in [0.25, 0.3) is 0 Å². The largest absolute Gasteiger partial charge is 0.370 e. The molecule has 20 heavy (non-hydrogen) atoms. The van der Waals surface area contributed by atoms with Gasteiger partial charge in [0.1, 0.15) is 5.82 Å². The van der Waals surface area contributed by atoms with Gasteiger partial charge in [0.2, 0.25) is 0 Å². The zero-order chi connectivity index (χ0) is 14.8. The quantitative estimate of drug-likeness (QED) is 0.497. The van der Waals surface area contributed by atoms with Crippen molar-refractivity contribution in [2.24, 2.45) is 10.7 Å². The predicted molar refractivity (Wildman–Crippen MR) is 75.6 cm³/mol. The average molecular weight is 299 g/mol. The average Bonchev–Trinajstić information content (AvgIpc) is 2.31. The topological polar surface area (TPSA) is 84.5 Å². The van der Waals surface area contributed by atoms with Crippen molar-refractivity contribution in [3.05, 3.63) is 29.6 Å². The Morgan fingerprint density at radius 3 is 2.75 bits per heavy atom. The second kappa shape index (κ2) is 5.78. The lowest BCUT2D eigenvalue weighted by Gasteiger charge is -2.26. The Labute approximate surface area is 118 Å². The normalized spacial score (nSPS) is 16.8. The SMILES string of the molecule is CS(=O)(=O)c1ccc(F)c(CN=C(N)NC2CCC2)c1. The number of nitrogens with two attached hydrogens (primary N) is 1. The number of rotatable bonds is 4. The lowest BCUT2D eigenvalue weighted by molar-refractivity contribution is 0.382. The minimum atomic E-state index is -3.36. The smallest absolute Gasteiger partial charge is 0.189 e. The third-order valence-corrected chi connectivity index (χ3v) is 4.43. The number of nitrogens with zero attached hydrogens (tertiary/aromatic N) is 1. The molecule has 0 atom stereocenters. The summed E-state index contributed by atoms with van der Waals surface area (Å²) in [4.78, 5) is 4.13. The highest BCUT2D eigenvalue weighted by Gasteiger charge is 2.17.